The summed E-state index contributed by atoms with van der Waals surface area (Å²) in [5, 5.41) is 19.1. The molecule has 3 amide bonds. The molecule has 2 aliphatic rings. The quantitative estimate of drug-likeness (QED) is 0.690. The normalized spacial score (nSPS) is 21.5. The first-order valence-corrected chi connectivity index (χ1v) is 11.0. The van der Waals surface area contributed by atoms with Gasteiger partial charge < -0.3 is 14.7 Å². The highest BCUT2D eigenvalue weighted by Crippen LogP contribution is 2.37. The molecule has 0 spiro atoms. The van der Waals surface area contributed by atoms with Crippen molar-refractivity contribution in [1.29, 1.82) is 0 Å². The number of nitrogens with one attached hydrogen (secondary N) is 1. The van der Waals surface area contributed by atoms with E-state index in [0.717, 1.165) is 16.5 Å². The van der Waals surface area contributed by atoms with Gasteiger partial charge in [-0.1, -0.05) is 12.1 Å². The van der Waals surface area contributed by atoms with Crippen LogP contribution in [0.15, 0.2) is 18.2 Å². The van der Waals surface area contributed by atoms with Crippen LogP contribution in [0.3, 0.4) is 0 Å². The van der Waals surface area contributed by atoms with Crippen molar-refractivity contribution in [2.45, 2.75) is 63.6 Å². The maximum absolute atomic E-state index is 12.3. The number of hydrogen-bond acceptors (Lipinski definition) is 6. The van der Waals surface area contributed by atoms with Crippen molar-refractivity contribution >= 4 is 28.8 Å². The Labute approximate surface area is 186 Å². The van der Waals surface area contributed by atoms with E-state index >= 15 is 0 Å². The molecule has 4 rings (SSSR count). The molecular weight excluding hydrogens is 412 g/mol. The second-order valence-electron chi connectivity index (χ2n) is 9.74. The van der Waals surface area contributed by atoms with Crippen LogP contribution in [0.5, 0.6) is 0 Å². The van der Waals surface area contributed by atoms with Crippen LogP contribution in [0, 0.1) is 0 Å². The smallest absolute Gasteiger partial charge is 0.410 e. The Balaban J connectivity index is 1.55. The summed E-state index contributed by atoms with van der Waals surface area (Å²) in [4.78, 5) is 37.8. The lowest BCUT2D eigenvalue weighted by atomic mass is 9.83. The van der Waals surface area contributed by atoms with Gasteiger partial charge in [-0.2, -0.15) is 5.10 Å². The SMILES string of the molecule is Cn1nc(C2CCC(=O)NC2=O)c2ccc(C3(O)CCN(C(=O)OC(C)(C)C)CC3)cc21. The van der Waals surface area contributed by atoms with Gasteiger partial charge in [-0.3, -0.25) is 19.6 Å². The van der Waals surface area contributed by atoms with Gasteiger partial charge in [0.15, 0.2) is 0 Å². The first-order chi connectivity index (χ1) is 15.0. The van der Waals surface area contributed by atoms with E-state index in [-0.39, 0.29) is 17.9 Å². The van der Waals surface area contributed by atoms with E-state index in [0.29, 0.717) is 44.5 Å². The van der Waals surface area contributed by atoms with E-state index in [9.17, 15) is 19.5 Å². The summed E-state index contributed by atoms with van der Waals surface area (Å²) in [5.74, 6) is -1.05. The molecule has 1 unspecified atom stereocenters. The number of hydrogen-bond donors (Lipinski definition) is 2. The molecule has 1 aromatic heterocycles. The summed E-state index contributed by atoms with van der Waals surface area (Å²) in [7, 11) is 1.80. The topological polar surface area (TPSA) is 114 Å². The molecular formula is C23H30N4O5. The van der Waals surface area contributed by atoms with Crippen molar-refractivity contribution < 1.29 is 24.2 Å². The van der Waals surface area contributed by atoms with Gasteiger partial charge in [0.25, 0.3) is 0 Å². The van der Waals surface area contributed by atoms with Gasteiger partial charge >= 0.3 is 6.09 Å². The number of nitrogens with zero attached hydrogens (tertiary/aromatic N) is 3. The van der Waals surface area contributed by atoms with Crippen LogP contribution in [0.1, 0.15) is 63.6 Å². The molecule has 2 aliphatic heterocycles. The summed E-state index contributed by atoms with van der Waals surface area (Å²) in [6.07, 6.45) is 1.16. The number of aromatic nitrogens is 2. The molecule has 172 valence electrons. The Kier molecular flexibility index (Phi) is 5.48. The number of amides is 3. The first-order valence-electron chi connectivity index (χ1n) is 11.0. The number of carbonyl (C=O) groups is 3. The molecule has 1 atom stereocenters. The number of likely N-dealkylation sites (tertiary alicyclic amines) is 1. The number of aliphatic hydroxyl groups is 1. The van der Waals surface area contributed by atoms with Crippen LogP contribution in [0.2, 0.25) is 0 Å². The summed E-state index contributed by atoms with van der Waals surface area (Å²) < 4.78 is 7.15. The molecule has 9 heteroatoms. The summed E-state index contributed by atoms with van der Waals surface area (Å²) in [6.45, 7) is 6.29. The van der Waals surface area contributed by atoms with Gasteiger partial charge in [0.2, 0.25) is 11.8 Å². The lowest BCUT2D eigenvalue weighted by molar-refractivity contribution is -0.134. The van der Waals surface area contributed by atoms with Gasteiger partial charge in [-0.25, -0.2) is 4.79 Å². The van der Waals surface area contributed by atoms with Crippen molar-refractivity contribution in [2.24, 2.45) is 7.05 Å². The van der Waals surface area contributed by atoms with Crippen molar-refractivity contribution in [2.75, 3.05) is 13.1 Å². The fourth-order valence-electron chi connectivity index (χ4n) is 4.46. The maximum Gasteiger partial charge on any atom is 0.410 e. The molecule has 32 heavy (non-hydrogen) atoms. The fourth-order valence-corrected chi connectivity index (χ4v) is 4.46. The highest BCUT2D eigenvalue weighted by molar-refractivity contribution is 6.02. The van der Waals surface area contributed by atoms with Crippen LogP contribution < -0.4 is 5.32 Å². The number of benzene rings is 1. The highest BCUT2D eigenvalue weighted by Gasteiger charge is 2.38. The average Bonchev–Trinajstić information content (AvgIpc) is 3.03. The molecule has 2 aromatic rings. The first kappa shape index (κ1) is 22.3. The van der Waals surface area contributed by atoms with E-state index < -0.39 is 17.1 Å². The zero-order chi connectivity index (χ0) is 23.3. The number of fused-ring (bicyclic) bond motifs is 1. The second kappa shape index (κ2) is 7.88. The van der Waals surface area contributed by atoms with E-state index in [1.165, 1.54) is 0 Å². The third-order valence-electron chi connectivity index (χ3n) is 6.23. The Hall–Kier alpha value is -2.94. The molecule has 1 aromatic carbocycles. The van der Waals surface area contributed by atoms with E-state index in [4.69, 9.17) is 4.74 Å². The Bertz CT molecular complexity index is 1080. The van der Waals surface area contributed by atoms with Crippen LogP contribution in [0.25, 0.3) is 10.9 Å². The molecule has 2 saturated heterocycles. The third kappa shape index (κ3) is 4.21. The number of aryl methyl sites for hydroxylation is 1. The Morgan fingerprint density at radius 2 is 1.94 bits per heavy atom. The van der Waals surface area contributed by atoms with Gasteiger partial charge in [0.1, 0.15) is 5.60 Å². The minimum absolute atomic E-state index is 0.256. The van der Waals surface area contributed by atoms with E-state index in [1.807, 2.05) is 39.0 Å². The lowest BCUT2D eigenvalue weighted by Crippen LogP contribution is -2.46. The van der Waals surface area contributed by atoms with Crippen molar-refractivity contribution in [3.05, 3.63) is 29.5 Å². The summed E-state index contributed by atoms with van der Waals surface area (Å²) in [5.41, 5.74) is 0.587. The molecule has 0 bridgehead atoms. The standard InChI is InChI=1S/C23H30N4O5/c1-22(2,3)32-21(30)27-11-9-23(31,10-12-27)14-5-6-15-17(13-14)26(4)25-19(15)16-7-8-18(28)24-20(16)29/h5-6,13,16,31H,7-12H2,1-4H3,(H,24,28,29). The number of rotatable bonds is 2. The van der Waals surface area contributed by atoms with Crippen molar-refractivity contribution in [3.8, 4) is 0 Å². The summed E-state index contributed by atoms with van der Waals surface area (Å²) in [6, 6.07) is 5.65. The molecule has 2 fully saturated rings. The van der Waals surface area contributed by atoms with Crippen LogP contribution >= 0.6 is 0 Å². The maximum atomic E-state index is 12.3. The van der Waals surface area contributed by atoms with Crippen molar-refractivity contribution in [1.82, 2.24) is 20.0 Å². The Morgan fingerprint density at radius 1 is 1.25 bits per heavy atom. The van der Waals surface area contributed by atoms with E-state index in [2.05, 4.69) is 10.4 Å². The number of imide groups is 1. The molecule has 9 nitrogen and oxygen atoms in total. The fraction of sp³-hybridized carbons (Fsp3) is 0.565. The average molecular weight is 443 g/mol. The van der Waals surface area contributed by atoms with Crippen LogP contribution in [-0.4, -0.2) is 56.4 Å². The Morgan fingerprint density at radius 3 is 2.56 bits per heavy atom. The number of carbonyl (C=O) groups excluding carboxylic acids is 3. The molecule has 3 heterocycles. The monoisotopic (exact) mass is 442 g/mol. The lowest BCUT2D eigenvalue weighted by Gasteiger charge is -2.39. The zero-order valence-corrected chi connectivity index (χ0v) is 19.0. The van der Waals surface area contributed by atoms with Gasteiger partial charge in [-0.15, -0.1) is 0 Å². The molecule has 0 radical (unpaired) electrons. The zero-order valence-electron chi connectivity index (χ0n) is 19.0. The predicted octanol–water partition coefficient (Wildman–Crippen LogP) is 2.31. The molecule has 2 N–H and O–H groups in total. The van der Waals surface area contributed by atoms with Gasteiger partial charge in [-0.05, 0) is 51.7 Å². The van der Waals surface area contributed by atoms with Crippen LogP contribution in [0.4, 0.5) is 4.79 Å². The minimum Gasteiger partial charge on any atom is -0.444 e. The number of ether oxygens (including phenoxy) is 1. The predicted molar refractivity (Wildman–Crippen MR) is 117 cm³/mol. The van der Waals surface area contributed by atoms with Gasteiger partial charge in [0, 0.05) is 31.9 Å². The third-order valence-corrected chi connectivity index (χ3v) is 6.23. The van der Waals surface area contributed by atoms with Gasteiger partial charge in [0.05, 0.1) is 22.7 Å². The number of piperidine rings is 2. The molecule has 0 aliphatic carbocycles. The highest BCUT2D eigenvalue weighted by atomic mass is 16.6. The minimum atomic E-state index is -1.06. The molecule has 0 saturated carbocycles. The van der Waals surface area contributed by atoms with Crippen LogP contribution in [-0.2, 0) is 27.0 Å². The summed E-state index contributed by atoms with van der Waals surface area (Å²) >= 11 is 0. The van der Waals surface area contributed by atoms with E-state index in [1.54, 1.807) is 16.6 Å². The second-order valence-corrected chi connectivity index (χ2v) is 9.74. The largest absolute Gasteiger partial charge is 0.444 e. The van der Waals surface area contributed by atoms with Crippen molar-refractivity contribution in [3.63, 3.8) is 0 Å².